The lowest BCUT2D eigenvalue weighted by Crippen LogP contribution is -2.40. The molecular weight excluding hydrogens is 340 g/mol. The molecule has 9 heteroatoms. The van der Waals surface area contributed by atoms with Crippen molar-refractivity contribution in [3.8, 4) is 0 Å². The van der Waals surface area contributed by atoms with E-state index in [0.29, 0.717) is 37.9 Å². The molecule has 1 atom stereocenters. The number of esters is 1. The molecule has 0 N–H and O–H groups in total. The minimum atomic E-state index is -3.54. The Labute approximate surface area is 140 Å². The van der Waals surface area contributed by atoms with Crippen molar-refractivity contribution >= 4 is 27.8 Å². The molecular formula is C14H20N2O5S2. The van der Waals surface area contributed by atoms with E-state index in [0.717, 1.165) is 0 Å². The van der Waals surface area contributed by atoms with Crippen molar-refractivity contribution in [3.63, 3.8) is 0 Å². The maximum Gasteiger partial charge on any atom is 0.319 e. The van der Waals surface area contributed by atoms with Gasteiger partial charge < -0.3 is 9.47 Å². The summed E-state index contributed by atoms with van der Waals surface area (Å²) in [4.78, 5) is 15.9. The first-order valence-corrected chi connectivity index (χ1v) is 9.64. The Bertz CT molecular complexity index is 627. The van der Waals surface area contributed by atoms with Gasteiger partial charge in [-0.3, -0.25) is 4.79 Å². The molecule has 2 rings (SSSR count). The number of carbonyl (C=O) groups is 1. The third-order valence-electron chi connectivity index (χ3n) is 3.23. The van der Waals surface area contributed by atoms with Gasteiger partial charge >= 0.3 is 5.97 Å². The summed E-state index contributed by atoms with van der Waals surface area (Å²) in [5.74, 6) is -0.315. The highest BCUT2D eigenvalue weighted by atomic mass is 32.2. The van der Waals surface area contributed by atoms with Crippen molar-refractivity contribution in [3.05, 3.63) is 18.3 Å². The van der Waals surface area contributed by atoms with Gasteiger partial charge in [0.15, 0.2) is 0 Å². The Morgan fingerprint density at radius 2 is 2.13 bits per heavy atom. The summed E-state index contributed by atoms with van der Waals surface area (Å²) in [5, 5.41) is 0.177. The van der Waals surface area contributed by atoms with E-state index in [4.69, 9.17) is 9.47 Å². The normalized spacial score (nSPS) is 17.7. The first-order valence-electron chi connectivity index (χ1n) is 7.32. The van der Waals surface area contributed by atoms with Gasteiger partial charge in [0.1, 0.15) is 10.1 Å². The summed E-state index contributed by atoms with van der Waals surface area (Å²) in [6, 6.07) is 3.12. The minimum absolute atomic E-state index is 0.146. The van der Waals surface area contributed by atoms with Crippen LogP contribution in [0.2, 0.25) is 0 Å². The molecule has 1 aromatic rings. The molecule has 7 nitrogen and oxygen atoms in total. The van der Waals surface area contributed by atoms with Crippen LogP contribution in [0.15, 0.2) is 28.3 Å². The Hall–Kier alpha value is -1.16. The van der Waals surface area contributed by atoms with Crippen LogP contribution in [0.3, 0.4) is 0 Å². The van der Waals surface area contributed by atoms with Gasteiger partial charge in [-0.05, 0) is 26.0 Å². The summed E-state index contributed by atoms with van der Waals surface area (Å²) in [7, 11) is -3.54. The van der Waals surface area contributed by atoms with E-state index in [1.54, 1.807) is 19.9 Å². The smallest absolute Gasteiger partial charge is 0.319 e. The Balaban J connectivity index is 2.05. The maximum absolute atomic E-state index is 12.5. The van der Waals surface area contributed by atoms with Crippen LogP contribution in [-0.2, 0) is 24.3 Å². The SMILES string of the molecule is CCOC(=O)C(C)Sc1ccc(S(=O)(=O)N2CCOCC2)cn1. The van der Waals surface area contributed by atoms with Crippen molar-refractivity contribution < 1.29 is 22.7 Å². The highest BCUT2D eigenvalue weighted by molar-refractivity contribution is 8.00. The van der Waals surface area contributed by atoms with Gasteiger partial charge in [0.05, 0.1) is 24.8 Å². The van der Waals surface area contributed by atoms with Crippen molar-refractivity contribution in [2.45, 2.75) is 29.0 Å². The van der Waals surface area contributed by atoms with E-state index in [1.165, 1.54) is 28.3 Å². The predicted octanol–water partition coefficient (Wildman–Crippen LogP) is 1.15. The molecule has 0 spiro atoms. The zero-order valence-electron chi connectivity index (χ0n) is 13.1. The number of rotatable bonds is 6. The van der Waals surface area contributed by atoms with Crippen molar-refractivity contribution in [1.29, 1.82) is 0 Å². The number of carbonyl (C=O) groups excluding carboxylic acids is 1. The fourth-order valence-electron chi connectivity index (χ4n) is 2.01. The Morgan fingerprint density at radius 3 is 2.70 bits per heavy atom. The number of ether oxygens (including phenoxy) is 2. The lowest BCUT2D eigenvalue weighted by Gasteiger charge is -2.25. The second-order valence-corrected chi connectivity index (χ2v) is 8.16. The van der Waals surface area contributed by atoms with Crippen LogP contribution in [-0.4, -0.2) is 61.8 Å². The van der Waals surface area contributed by atoms with Crippen LogP contribution in [0.25, 0.3) is 0 Å². The molecule has 1 unspecified atom stereocenters. The average Bonchev–Trinajstić information content (AvgIpc) is 2.56. The molecule has 0 amide bonds. The second kappa shape index (κ2) is 8.09. The van der Waals surface area contributed by atoms with Crippen LogP contribution >= 0.6 is 11.8 Å². The van der Waals surface area contributed by atoms with Crippen LogP contribution in [0.5, 0.6) is 0 Å². The van der Waals surface area contributed by atoms with Gasteiger partial charge in [-0.15, -0.1) is 0 Å². The van der Waals surface area contributed by atoms with Crippen LogP contribution < -0.4 is 0 Å². The molecule has 0 aliphatic carbocycles. The highest BCUT2D eigenvalue weighted by Crippen LogP contribution is 2.24. The predicted molar refractivity (Wildman–Crippen MR) is 85.8 cm³/mol. The molecule has 1 aliphatic rings. The zero-order chi connectivity index (χ0) is 16.9. The molecule has 128 valence electrons. The fourth-order valence-corrected chi connectivity index (χ4v) is 4.15. The van der Waals surface area contributed by atoms with Crippen molar-refractivity contribution in [2.24, 2.45) is 0 Å². The van der Waals surface area contributed by atoms with E-state index >= 15 is 0 Å². The molecule has 0 radical (unpaired) electrons. The molecule has 1 aromatic heterocycles. The zero-order valence-corrected chi connectivity index (χ0v) is 14.7. The molecule has 1 aliphatic heterocycles. The maximum atomic E-state index is 12.5. The third kappa shape index (κ3) is 4.66. The molecule has 0 saturated carbocycles. The number of hydrogen-bond donors (Lipinski definition) is 0. The van der Waals surface area contributed by atoms with Crippen LogP contribution in [0.1, 0.15) is 13.8 Å². The van der Waals surface area contributed by atoms with Gasteiger partial charge in [0.25, 0.3) is 0 Å². The number of morpholine rings is 1. The number of aromatic nitrogens is 1. The monoisotopic (exact) mass is 360 g/mol. The van der Waals surface area contributed by atoms with Gasteiger partial charge in [-0.1, -0.05) is 11.8 Å². The Kier molecular flexibility index (Phi) is 6.40. The topological polar surface area (TPSA) is 85.8 Å². The van der Waals surface area contributed by atoms with E-state index in [-0.39, 0.29) is 10.9 Å². The quantitative estimate of drug-likeness (QED) is 0.555. The average molecular weight is 360 g/mol. The highest BCUT2D eigenvalue weighted by Gasteiger charge is 2.26. The number of pyridine rings is 1. The second-order valence-electron chi connectivity index (χ2n) is 4.86. The molecule has 0 aromatic carbocycles. The third-order valence-corrected chi connectivity index (χ3v) is 6.14. The van der Waals surface area contributed by atoms with Crippen molar-refractivity contribution in [2.75, 3.05) is 32.9 Å². The molecule has 23 heavy (non-hydrogen) atoms. The van der Waals surface area contributed by atoms with Gasteiger partial charge in [-0.2, -0.15) is 4.31 Å². The molecule has 0 bridgehead atoms. The van der Waals surface area contributed by atoms with Gasteiger partial charge in [0.2, 0.25) is 10.0 Å². The summed E-state index contributed by atoms with van der Waals surface area (Å²) in [6.07, 6.45) is 1.32. The largest absolute Gasteiger partial charge is 0.465 e. The van der Waals surface area contributed by atoms with E-state index in [1.807, 2.05) is 0 Å². The van der Waals surface area contributed by atoms with Gasteiger partial charge in [-0.25, -0.2) is 13.4 Å². The van der Waals surface area contributed by atoms with Gasteiger partial charge in [0, 0.05) is 19.3 Å². The summed E-state index contributed by atoms with van der Waals surface area (Å²) in [6.45, 7) is 5.29. The Morgan fingerprint density at radius 1 is 1.43 bits per heavy atom. The number of nitrogens with zero attached hydrogens (tertiary/aromatic N) is 2. The number of hydrogen-bond acceptors (Lipinski definition) is 7. The molecule has 2 heterocycles. The van der Waals surface area contributed by atoms with Crippen LogP contribution in [0.4, 0.5) is 0 Å². The summed E-state index contributed by atoms with van der Waals surface area (Å²) >= 11 is 1.23. The molecule has 1 fully saturated rings. The van der Waals surface area contributed by atoms with E-state index < -0.39 is 15.3 Å². The lowest BCUT2D eigenvalue weighted by molar-refractivity contribution is -0.142. The van der Waals surface area contributed by atoms with E-state index in [9.17, 15) is 13.2 Å². The fraction of sp³-hybridized carbons (Fsp3) is 0.571. The minimum Gasteiger partial charge on any atom is -0.465 e. The lowest BCUT2D eigenvalue weighted by atomic mass is 10.5. The van der Waals surface area contributed by atoms with Crippen LogP contribution in [0, 0.1) is 0 Å². The first-order chi connectivity index (χ1) is 10.9. The standard InChI is InChI=1S/C14H20N2O5S2/c1-3-21-14(17)11(2)22-13-5-4-12(10-15-13)23(18,19)16-6-8-20-9-7-16/h4-5,10-11H,3,6-9H2,1-2H3. The number of sulfonamides is 1. The number of thioether (sulfide) groups is 1. The van der Waals surface area contributed by atoms with Crippen molar-refractivity contribution in [1.82, 2.24) is 9.29 Å². The summed E-state index contributed by atoms with van der Waals surface area (Å²) < 4.78 is 36.4. The summed E-state index contributed by atoms with van der Waals surface area (Å²) in [5.41, 5.74) is 0. The molecule has 1 saturated heterocycles. The van der Waals surface area contributed by atoms with E-state index in [2.05, 4.69) is 4.98 Å². The first kappa shape index (κ1) is 18.2.